The van der Waals surface area contributed by atoms with Crippen molar-refractivity contribution in [3.8, 4) is 5.75 Å². The average molecular weight is 432 g/mol. The topological polar surface area (TPSA) is 89.7 Å². The maximum absolute atomic E-state index is 12.7. The largest absolute Gasteiger partial charge is 0.482 e. The lowest BCUT2D eigenvalue weighted by Gasteiger charge is -2.11. The third kappa shape index (κ3) is 4.49. The SMILES string of the molecule is O=C1S/C(=C/c2ccc(OCc3ccccc3)c([N+](=O)[O-])c2)C(=O)N1c1ccccc1. The summed E-state index contributed by atoms with van der Waals surface area (Å²) in [4.78, 5) is 37.4. The quantitative estimate of drug-likeness (QED) is 0.294. The van der Waals surface area contributed by atoms with Crippen LogP contribution in [-0.2, 0) is 11.4 Å². The Bertz CT molecular complexity index is 1180. The molecule has 0 aromatic heterocycles. The fourth-order valence-corrected chi connectivity index (χ4v) is 3.88. The summed E-state index contributed by atoms with van der Waals surface area (Å²) in [6.45, 7) is 0.191. The van der Waals surface area contributed by atoms with Crippen molar-refractivity contribution in [3.05, 3.63) is 105 Å². The Morgan fingerprint density at radius 2 is 1.65 bits per heavy atom. The number of carbonyl (C=O) groups is 2. The van der Waals surface area contributed by atoms with Gasteiger partial charge in [-0.2, -0.15) is 0 Å². The average Bonchev–Trinajstić information content (AvgIpc) is 3.06. The van der Waals surface area contributed by atoms with Gasteiger partial charge < -0.3 is 4.74 Å². The van der Waals surface area contributed by atoms with Gasteiger partial charge in [0.1, 0.15) is 6.61 Å². The predicted molar refractivity (Wildman–Crippen MR) is 119 cm³/mol. The zero-order valence-corrected chi connectivity index (χ0v) is 17.0. The number of anilines is 1. The number of amides is 2. The van der Waals surface area contributed by atoms with Crippen LogP contribution < -0.4 is 9.64 Å². The molecule has 7 nitrogen and oxygen atoms in total. The van der Waals surface area contributed by atoms with Gasteiger partial charge in [-0.15, -0.1) is 0 Å². The highest BCUT2D eigenvalue weighted by molar-refractivity contribution is 8.19. The second-order valence-electron chi connectivity index (χ2n) is 6.61. The molecule has 0 N–H and O–H groups in total. The minimum atomic E-state index is -0.534. The maximum Gasteiger partial charge on any atom is 0.311 e. The Balaban J connectivity index is 1.58. The lowest BCUT2D eigenvalue weighted by atomic mass is 10.1. The summed E-state index contributed by atoms with van der Waals surface area (Å²) < 4.78 is 5.63. The molecular formula is C23H16N2O5S. The molecule has 1 heterocycles. The van der Waals surface area contributed by atoms with Crippen molar-refractivity contribution in [1.29, 1.82) is 0 Å². The van der Waals surface area contributed by atoms with E-state index in [1.807, 2.05) is 30.3 Å². The number of hydrogen-bond donors (Lipinski definition) is 0. The van der Waals surface area contributed by atoms with E-state index in [2.05, 4.69) is 0 Å². The van der Waals surface area contributed by atoms with E-state index in [-0.39, 0.29) is 22.9 Å². The summed E-state index contributed by atoms with van der Waals surface area (Å²) in [5.74, 6) is -0.336. The zero-order valence-electron chi connectivity index (χ0n) is 16.1. The molecule has 0 spiro atoms. The van der Waals surface area contributed by atoms with Crippen LogP contribution in [0.25, 0.3) is 6.08 Å². The fraction of sp³-hybridized carbons (Fsp3) is 0.0435. The number of ether oxygens (including phenoxy) is 1. The van der Waals surface area contributed by atoms with E-state index in [0.717, 1.165) is 22.2 Å². The van der Waals surface area contributed by atoms with Crippen LogP contribution in [-0.4, -0.2) is 16.1 Å². The van der Waals surface area contributed by atoms with E-state index in [1.165, 1.54) is 18.2 Å². The number of carbonyl (C=O) groups excluding carboxylic acids is 2. The van der Waals surface area contributed by atoms with Crippen LogP contribution in [0.5, 0.6) is 5.75 Å². The molecule has 0 radical (unpaired) electrons. The standard InChI is InChI=1S/C23H16N2O5S/c26-22-21(31-23(27)24(22)18-9-5-2-6-10-18)14-17-11-12-20(19(13-17)25(28)29)30-15-16-7-3-1-4-8-16/h1-14H,15H2/b21-14+. The molecule has 8 heteroatoms. The molecule has 3 aromatic carbocycles. The minimum Gasteiger partial charge on any atom is -0.482 e. The van der Waals surface area contributed by atoms with Crippen molar-refractivity contribution in [2.24, 2.45) is 0 Å². The molecule has 0 unspecified atom stereocenters. The third-order valence-corrected chi connectivity index (χ3v) is 5.39. The molecule has 1 aliphatic rings. The van der Waals surface area contributed by atoms with Crippen molar-refractivity contribution in [1.82, 2.24) is 0 Å². The van der Waals surface area contributed by atoms with Gasteiger partial charge in [-0.25, -0.2) is 4.90 Å². The van der Waals surface area contributed by atoms with Gasteiger partial charge in [0.2, 0.25) is 0 Å². The molecule has 0 atom stereocenters. The molecule has 0 bridgehead atoms. The molecule has 154 valence electrons. The number of para-hydroxylation sites is 1. The highest BCUT2D eigenvalue weighted by atomic mass is 32.2. The van der Waals surface area contributed by atoms with E-state index in [0.29, 0.717) is 11.3 Å². The van der Waals surface area contributed by atoms with Gasteiger partial charge in [-0.1, -0.05) is 54.6 Å². The molecule has 1 fully saturated rings. The van der Waals surface area contributed by atoms with Crippen molar-refractivity contribution < 1.29 is 19.2 Å². The van der Waals surface area contributed by atoms with E-state index >= 15 is 0 Å². The molecule has 3 aromatic rings. The second kappa shape index (κ2) is 8.85. The van der Waals surface area contributed by atoms with Crippen molar-refractivity contribution in [3.63, 3.8) is 0 Å². The van der Waals surface area contributed by atoms with E-state index in [9.17, 15) is 19.7 Å². The van der Waals surface area contributed by atoms with Gasteiger partial charge in [-0.05, 0) is 47.2 Å². The third-order valence-electron chi connectivity index (χ3n) is 4.52. The van der Waals surface area contributed by atoms with E-state index in [4.69, 9.17) is 4.74 Å². The van der Waals surface area contributed by atoms with Gasteiger partial charge in [0.25, 0.3) is 11.1 Å². The maximum atomic E-state index is 12.7. The first kappa shape index (κ1) is 20.4. The van der Waals surface area contributed by atoms with Crippen LogP contribution in [0.3, 0.4) is 0 Å². The lowest BCUT2D eigenvalue weighted by molar-refractivity contribution is -0.386. The highest BCUT2D eigenvalue weighted by Crippen LogP contribution is 2.37. The summed E-state index contributed by atoms with van der Waals surface area (Å²) in [6.07, 6.45) is 1.47. The summed E-state index contributed by atoms with van der Waals surface area (Å²) >= 11 is 0.795. The summed E-state index contributed by atoms with van der Waals surface area (Å²) in [5, 5.41) is 11.1. The Morgan fingerprint density at radius 3 is 2.32 bits per heavy atom. The lowest BCUT2D eigenvalue weighted by Crippen LogP contribution is -2.27. The molecule has 1 saturated heterocycles. The number of benzene rings is 3. The number of thioether (sulfide) groups is 1. The number of hydrogen-bond acceptors (Lipinski definition) is 6. The van der Waals surface area contributed by atoms with Crippen LogP contribution in [0.2, 0.25) is 0 Å². The smallest absolute Gasteiger partial charge is 0.311 e. The van der Waals surface area contributed by atoms with Gasteiger partial charge in [-0.3, -0.25) is 19.7 Å². The molecule has 0 saturated carbocycles. The van der Waals surface area contributed by atoms with E-state index < -0.39 is 16.1 Å². The minimum absolute atomic E-state index is 0.128. The predicted octanol–water partition coefficient (Wildman–Crippen LogP) is 5.41. The molecule has 2 amide bonds. The van der Waals surface area contributed by atoms with Crippen LogP contribution in [0, 0.1) is 10.1 Å². The van der Waals surface area contributed by atoms with Gasteiger partial charge >= 0.3 is 5.69 Å². The number of nitro groups is 1. The Kier molecular flexibility index (Phi) is 5.81. The van der Waals surface area contributed by atoms with Gasteiger partial charge in [0.05, 0.1) is 15.5 Å². The highest BCUT2D eigenvalue weighted by Gasteiger charge is 2.36. The first-order valence-corrected chi connectivity index (χ1v) is 10.1. The number of nitrogens with zero attached hydrogens (tertiary/aromatic N) is 2. The van der Waals surface area contributed by atoms with Gasteiger partial charge in [0, 0.05) is 6.07 Å². The Hall–Kier alpha value is -3.91. The first-order chi connectivity index (χ1) is 15.0. The summed E-state index contributed by atoms with van der Waals surface area (Å²) in [7, 11) is 0. The molecule has 1 aliphatic heterocycles. The molecule has 31 heavy (non-hydrogen) atoms. The van der Waals surface area contributed by atoms with Crippen molar-refractivity contribution in [2.45, 2.75) is 6.61 Å². The normalized spacial score (nSPS) is 14.8. The Morgan fingerprint density at radius 1 is 0.968 bits per heavy atom. The van der Waals surface area contributed by atoms with Crippen LogP contribution >= 0.6 is 11.8 Å². The van der Waals surface area contributed by atoms with Crippen LogP contribution in [0.1, 0.15) is 11.1 Å². The Labute approximate surface area is 182 Å². The van der Waals surface area contributed by atoms with E-state index in [1.54, 1.807) is 36.4 Å². The van der Waals surface area contributed by atoms with Crippen molar-refractivity contribution in [2.75, 3.05) is 4.90 Å². The first-order valence-electron chi connectivity index (χ1n) is 9.31. The monoisotopic (exact) mass is 432 g/mol. The van der Waals surface area contributed by atoms with Crippen LogP contribution in [0.4, 0.5) is 16.2 Å². The number of rotatable bonds is 6. The molecule has 0 aliphatic carbocycles. The second-order valence-corrected chi connectivity index (χ2v) is 7.60. The van der Waals surface area contributed by atoms with Gasteiger partial charge in [0.15, 0.2) is 5.75 Å². The molecular weight excluding hydrogens is 416 g/mol. The summed E-state index contributed by atoms with van der Waals surface area (Å²) in [6, 6.07) is 22.4. The van der Waals surface area contributed by atoms with Crippen LogP contribution in [0.15, 0.2) is 83.8 Å². The fourth-order valence-electron chi connectivity index (χ4n) is 3.04. The number of imide groups is 1. The summed E-state index contributed by atoms with van der Waals surface area (Å²) in [5.41, 5.74) is 1.57. The van der Waals surface area contributed by atoms with Crippen molar-refractivity contribution >= 4 is 40.4 Å². The zero-order chi connectivity index (χ0) is 21.8. The number of nitro benzene ring substituents is 1. The molecule has 4 rings (SSSR count).